The summed E-state index contributed by atoms with van der Waals surface area (Å²) in [5, 5.41) is 4.75. The van der Waals surface area contributed by atoms with Crippen LogP contribution in [0.25, 0.3) is 10.9 Å². The second-order valence-corrected chi connectivity index (χ2v) is 6.49. The fourth-order valence-electron chi connectivity index (χ4n) is 3.48. The molecule has 0 saturated carbocycles. The molecule has 1 aromatic carbocycles. The van der Waals surface area contributed by atoms with E-state index < -0.39 is 0 Å². The SMILES string of the molecule is Cc1cc(COC(=O)c2c3c(nc4ccccc24)CCCCC3)no1. The van der Waals surface area contributed by atoms with Crippen molar-refractivity contribution in [3.63, 3.8) is 0 Å². The summed E-state index contributed by atoms with van der Waals surface area (Å²) in [6, 6.07) is 9.57. The summed E-state index contributed by atoms with van der Waals surface area (Å²) < 4.78 is 10.6. The van der Waals surface area contributed by atoms with Crippen LogP contribution in [0.1, 0.15) is 52.3 Å². The molecule has 2 heterocycles. The van der Waals surface area contributed by atoms with Crippen LogP contribution in [0.4, 0.5) is 0 Å². The summed E-state index contributed by atoms with van der Waals surface area (Å²) in [6.45, 7) is 1.93. The molecule has 1 aliphatic carbocycles. The largest absolute Gasteiger partial charge is 0.455 e. The molecule has 0 aliphatic heterocycles. The van der Waals surface area contributed by atoms with Crippen molar-refractivity contribution < 1.29 is 14.1 Å². The van der Waals surface area contributed by atoms with E-state index in [0.29, 0.717) is 17.0 Å². The van der Waals surface area contributed by atoms with E-state index in [2.05, 4.69) is 5.16 Å². The van der Waals surface area contributed by atoms with E-state index in [9.17, 15) is 4.79 Å². The van der Waals surface area contributed by atoms with Crippen LogP contribution in [0.15, 0.2) is 34.9 Å². The van der Waals surface area contributed by atoms with E-state index in [-0.39, 0.29) is 12.6 Å². The van der Waals surface area contributed by atoms with Gasteiger partial charge < -0.3 is 9.26 Å². The molecule has 0 unspecified atom stereocenters. The normalized spacial score (nSPS) is 14.1. The molecule has 3 aromatic rings. The van der Waals surface area contributed by atoms with Gasteiger partial charge in [-0.05, 0) is 44.2 Å². The molecule has 128 valence electrons. The monoisotopic (exact) mass is 336 g/mol. The molecule has 0 spiro atoms. The number of fused-ring (bicyclic) bond motifs is 2. The highest BCUT2D eigenvalue weighted by Gasteiger charge is 2.23. The van der Waals surface area contributed by atoms with Crippen molar-refractivity contribution >= 4 is 16.9 Å². The van der Waals surface area contributed by atoms with Gasteiger partial charge in [-0.2, -0.15) is 0 Å². The number of hydrogen-bond donors (Lipinski definition) is 0. The predicted octanol–water partition coefficient (Wildman–Crippen LogP) is 4.16. The Morgan fingerprint density at radius 3 is 2.88 bits per heavy atom. The van der Waals surface area contributed by atoms with Crippen LogP contribution in [-0.2, 0) is 24.2 Å². The minimum Gasteiger partial charge on any atom is -0.455 e. The number of carbonyl (C=O) groups is 1. The average molecular weight is 336 g/mol. The Morgan fingerprint density at radius 2 is 2.04 bits per heavy atom. The van der Waals surface area contributed by atoms with Gasteiger partial charge in [0.25, 0.3) is 0 Å². The van der Waals surface area contributed by atoms with Crippen molar-refractivity contribution in [2.75, 3.05) is 0 Å². The van der Waals surface area contributed by atoms with Gasteiger partial charge in [-0.1, -0.05) is 29.8 Å². The molecular formula is C20H20N2O3. The number of para-hydroxylation sites is 1. The molecule has 5 nitrogen and oxygen atoms in total. The molecule has 0 radical (unpaired) electrons. The molecule has 0 N–H and O–H groups in total. The first-order valence-corrected chi connectivity index (χ1v) is 8.72. The van der Waals surface area contributed by atoms with E-state index in [4.69, 9.17) is 14.2 Å². The van der Waals surface area contributed by atoms with Gasteiger partial charge in [0.05, 0.1) is 11.1 Å². The number of rotatable bonds is 3. The van der Waals surface area contributed by atoms with Gasteiger partial charge in [0, 0.05) is 17.1 Å². The first kappa shape index (κ1) is 15.8. The summed E-state index contributed by atoms with van der Waals surface area (Å²) in [7, 11) is 0. The predicted molar refractivity (Wildman–Crippen MR) is 93.4 cm³/mol. The molecule has 1 aliphatic rings. The third-order valence-corrected chi connectivity index (χ3v) is 4.65. The third-order valence-electron chi connectivity index (χ3n) is 4.65. The number of esters is 1. The van der Waals surface area contributed by atoms with Crippen molar-refractivity contribution in [2.24, 2.45) is 0 Å². The highest BCUT2D eigenvalue weighted by atomic mass is 16.5. The molecule has 0 bridgehead atoms. The molecule has 0 amide bonds. The molecule has 25 heavy (non-hydrogen) atoms. The Balaban J connectivity index is 1.73. The lowest BCUT2D eigenvalue weighted by Crippen LogP contribution is -2.12. The zero-order valence-corrected chi connectivity index (χ0v) is 14.2. The number of benzene rings is 1. The Hall–Kier alpha value is -2.69. The number of ether oxygens (including phenoxy) is 1. The van der Waals surface area contributed by atoms with Crippen molar-refractivity contribution in [3.8, 4) is 0 Å². The second kappa shape index (κ2) is 6.67. The van der Waals surface area contributed by atoms with Crippen LogP contribution in [-0.4, -0.2) is 16.1 Å². The van der Waals surface area contributed by atoms with Crippen molar-refractivity contribution in [3.05, 3.63) is 58.6 Å². The first-order valence-electron chi connectivity index (χ1n) is 8.72. The number of nitrogens with zero attached hydrogens (tertiary/aromatic N) is 2. The van der Waals surface area contributed by atoms with Gasteiger partial charge in [0.1, 0.15) is 18.1 Å². The minimum atomic E-state index is -0.308. The quantitative estimate of drug-likeness (QED) is 0.531. The van der Waals surface area contributed by atoms with Gasteiger partial charge in [-0.3, -0.25) is 4.98 Å². The van der Waals surface area contributed by atoms with Crippen LogP contribution in [0.2, 0.25) is 0 Å². The maximum atomic E-state index is 12.9. The fraction of sp³-hybridized carbons (Fsp3) is 0.350. The molecule has 4 rings (SSSR count). The number of aromatic nitrogens is 2. The maximum Gasteiger partial charge on any atom is 0.339 e. The summed E-state index contributed by atoms with van der Waals surface area (Å²) in [5.74, 6) is 0.395. The van der Waals surface area contributed by atoms with Gasteiger partial charge in [-0.25, -0.2) is 4.79 Å². The van der Waals surface area contributed by atoms with Crippen LogP contribution < -0.4 is 0 Å². The Labute approximate surface area is 146 Å². The lowest BCUT2D eigenvalue weighted by molar-refractivity contribution is 0.0465. The Kier molecular flexibility index (Phi) is 4.22. The third kappa shape index (κ3) is 3.14. The standard InChI is InChI=1S/C20H20N2O3/c1-13-11-14(22-25-13)12-24-20(23)19-15-7-3-2-4-9-17(15)21-18-10-6-5-8-16(18)19/h5-6,8,10-11H,2-4,7,9,12H2,1H3. The first-order chi connectivity index (χ1) is 12.2. The molecule has 2 aromatic heterocycles. The minimum absolute atomic E-state index is 0.113. The molecule has 0 atom stereocenters. The highest BCUT2D eigenvalue weighted by Crippen LogP contribution is 2.29. The van der Waals surface area contributed by atoms with Gasteiger partial charge in [0.2, 0.25) is 0 Å². The smallest absolute Gasteiger partial charge is 0.339 e. The van der Waals surface area contributed by atoms with Crippen LogP contribution >= 0.6 is 0 Å². The number of pyridine rings is 1. The lowest BCUT2D eigenvalue weighted by Gasteiger charge is -2.14. The molecule has 0 saturated heterocycles. The molecule has 0 fully saturated rings. The molecular weight excluding hydrogens is 316 g/mol. The Morgan fingerprint density at radius 1 is 1.20 bits per heavy atom. The van der Waals surface area contributed by atoms with E-state index >= 15 is 0 Å². The van der Waals surface area contributed by atoms with E-state index in [1.54, 1.807) is 6.07 Å². The van der Waals surface area contributed by atoms with Crippen molar-refractivity contribution in [1.29, 1.82) is 0 Å². The Bertz CT molecular complexity index is 930. The van der Waals surface area contributed by atoms with Crippen LogP contribution in [0.5, 0.6) is 0 Å². The van der Waals surface area contributed by atoms with E-state index in [1.165, 1.54) is 6.42 Å². The van der Waals surface area contributed by atoms with Gasteiger partial charge >= 0.3 is 5.97 Å². The maximum absolute atomic E-state index is 12.9. The number of aryl methyl sites for hydroxylation is 2. The summed E-state index contributed by atoms with van der Waals surface area (Å²) in [5.41, 5.74) is 4.24. The van der Waals surface area contributed by atoms with Crippen molar-refractivity contribution in [2.45, 2.75) is 45.6 Å². The molecule has 5 heteroatoms. The highest BCUT2D eigenvalue weighted by molar-refractivity contribution is 6.05. The van der Waals surface area contributed by atoms with E-state index in [1.807, 2.05) is 31.2 Å². The van der Waals surface area contributed by atoms with Crippen LogP contribution in [0.3, 0.4) is 0 Å². The van der Waals surface area contributed by atoms with Crippen LogP contribution in [0, 0.1) is 6.92 Å². The summed E-state index contributed by atoms with van der Waals surface area (Å²) in [6.07, 6.45) is 5.16. The van der Waals surface area contributed by atoms with E-state index in [0.717, 1.165) is 47.8 Å². The fourth-order valence-corrected chi connectivity index (χ4v) is 3.48. The zero-order chi connectivity index (χ0) is 17.2. The second-order valence-electron chi connectivity index (χ2n) is 6.49. The van der Waals surface area contributed by atoms with Crippen molar-refractivity contribution in [1.82, 2.24) is 10.1 Å². The summed E-state index contributed by atoms with van der Waals surface area (Å²) >= 11 is 0. The van der Waals surface area contributed by atoms with Gasteiger partial charge in [-0.15, -0.1) is 0 Å². The lowest BCUT2D eigenvalue weighted by atomic mass is 9.97. The average Bonchev–Trinajstić information content (AvgIpc) is 2.90. The zero-order valence-electron chi connectivity index (χ0n) is 14.2. The summed E-state index contributed by atoms with van der Waals surface area (Å²) in [4.78, 5) is 17.7. The number of carbonyl (C=O) groups excluding carboxylic acids is 1. The number of hydrogen-bond acceptors (Lipinski definition) is 5. The van der Waals surface area contributed by atoms with Gasteiger partial charge in [0.15, 0.2) is 0 Å². The topological polar surface area (TPSA) is 65.2 Å².